The number of halogens is 1. The third kappa shape index (κ3) is 4.94. The minimum atomic E-state index is -1.11. The number of ether oxygens (including phenoxy) is 1. The number of amides is 1. The van der Waals surface area contributed by atoms with Crippen molar-refractivity contribution < 1.29 is 19.1 Å². The first-order valence-corrected chi connectivity index (χ1v) is 10.4. The van der Waals surface area contributed by atoms with Crippen molar-refractivity contribution in [2.75, 3.05) is 26.7 Å². The van der Waals surface area contributed by atoms with E-state index in [2.05, 4.69) is 15.4 Å². The lowest BCUT2D eigenvalue weighted by molar-refractivity contribution is -0.0416. The summed E-state index contributed by atoms with van der Waals surface area (Å²) in [6, 6.07) is 9.39. The second kappa shape index (κ2) is 9.65. The lowest BCUT2D eigenvalue weighted by Gasteiger charge is -2.40. The van der Waals surface area contributed by atoms with Gasteiger partial charge in [0.1, 0.15) is 11.5 Å². The molecule has 158 valence electrons. The number of piperidine rings is 1. The quantitative estimate of drug-likeness (QED) is 0.584. The van der Waals surface area contributed by atoms with Crippen LogP contribution in [0.5, 0.6) is 0 Å². The van der Waals surface area contributed by atoms with Crippen LogP contribution >= 0.6 is 11.6 Å². The number of carbonyl (C=O) groups is 1. The molecule has 1 amide bonds. The molecule has 6 nitrogen and oxygen atoms in total. The zero-order chi connectivity index (χ0) is 20.9. The number of nitrogens with one attached hydrogen (secondary N) is 2. The molecule has 1 aliphatic heterocycles. The number of carbonyl (C=O) groups excluding carboxylic acids is 1. The molecular weight excluding hydrogens is 392 g/mol. The van der Waals surface area contributed by atoms with Gasteiger partial charge in [0.2, 0.25) is 0 Å². The largest absolute Gasteiger partial charge is 0.461 e. The monoisotopic (exact) mass is 420 g/mol. The SMILES string of the molecule is COC(=O)NCCCC(O)(c1cccc(Cl)c1-c1ccc(C)o1)[C@@H]1CCCNC1. The van der Waals surface area contributed by atoms with E-state index in [-0.39, 0.29) is 5.92 Å². The number of aliphatic hydroxyl groups is 1. The zero-order valence-corrected chi connectivity index (χ0v) is 17.7. The van der Waals surface area contributed by atoms with Crippen molar-refractivity contribution in [2.45, 2.75) is 38.2 Å². The Bertz CT molecular complexity index is 832. The molecule has 1 aliphatic rings. The average molecular weight is 421 g/mol. The number of methoxy groups -OCH3 is 1. The number of alkyl carbamates (subject to hydrolysis) is 1. The number of aryl methyl sites for hydroxylation is 1. The van der Waals surface area contributed by atoms with Crippen LogP contribution in [0.3, 0.4) is 0 Å². The van der Waals surface area contributed by atoms with Gasteiger partial charge in [-0.05, 0) is 62.9 Å². The van der Waals surface area contributed by atoms with Crippen molar-refractivity contribution in [2.24, 2.45) is 5.92 Å². The van der Waals surface area contributed by atoms with Gasteiger partial charge in [0, 0.05) is 24.6 Å². The van der Waals surface area contributed by atoms with E-state index in [9.17, 15) is 9.90 Å². The van der Waals surface area contributed by atoms with Gasteiger partial charge in [-0.1, -0.05) is 23.7 Å². The Morgan fingerprint density at radius 1 is 1.41 bits per heavy atom. The van der Waals surface area contributed by atoms with Crippen LogP contribution in [0.4, 0.5) is 4.79 Å². The van der Waals surface area contributed by atoms with Crippen LogP contribution < -0.4 is 10.6 Å². The van der Waals surface area contributed by atoms with Crippen LogP contribution in [0.25, 0.3) is 11.3 Å². The van der Waals surface area contributed by atoms with E-state index in [1.807, 2.05) is 37.3 Å². The summed E-state index contributed by atoms with van der Waals surface area (Å²) in [6.45, 7) is 3.99. The van der Waals surface area contributed by atoms with Crippen LogP contribution in [0, 0.1) is 12.8 Å². The van der Waals surface area contributed by atoms with E-state index in [0.717, 1.165) is 42.8 Å². The van der Waals surface area contributed by atoms with Crippen LogP contribution in [0.2, 0.25) is 5.02 Å². The Balaban J connectivity index is 1.95. The normalized spacial score (nSPS) is 18.8. The predicted octanol–water partition coefficient (Wildman–Crippen LogP) is 4.23. The van der Waals surface area contributed by atoms with Gasteiger partial charge >= 0.3 is 6.09 Å². The molecule has 0 saturated carbocycles. The average Bonchev–Trinajstić information content (AvgIpc) is 3.17. The van der Waals surface area contributed by atoms with Gasteiger partial charge in [0.25, 0.3) is 0 Å². The highest BCUT2D eigenvalue weighted by Gasteiger charge is 2.41. The Labute approximate surface area is 176 Å². The maximum atomic E-state index is 12.0. The van der Waals surface area contributed by atoms with Crippen molar-refractivity contribution in [3.63, 3.8) is 0 Å². The van der Waals surface area contributed by atoms with Crippen molar-refractivity contribution in [3.05, 3.63) is 46.7 Å². The lowest BCUT2D eigenvalue weighted by Crippen LogP contribution is -2.45. The molecule has 1 saturated heterocycles. The number of hydrogen-bond donors (Lipinski definition) is 3. The summed E-state index contributed by atoms with van der Waals surface area (Å²) in [5.74, 6) is 1.47. The highest BCUT2D eigenvalue weighted by atomic mass is 35.5. The fourth-order valence-corrected chi connectivity index (χ4v) is 4.41. The van der Waals surface area contributed by atoms with Crippen molar-refractivity contribution in [3.8, 4) is 11.3 Å². The van der Waals surface area contributed by atoms with Gasteiger partial charge in [0.15, 0.2) is 0 Å². The molecule has 29 heavy (non-hydrogen) atoms. The number of benzene rings is 1. The van der Waals surface area contributed by atoms with Crippen LogP contribution in [-0.2, 0) is 10.3 Å². The van der Waals surface area contributed by atoms with E-state index < -0.39 is 11.7 Å². The highest BCUT2D eigenvalue weighted by Crippen LogP contribution is 2.45. The third-order valence-electron chi connectivity index (χ3n) is 5.63. The first kappa shape index (κ1) is 21.7. The maximum Gasteiger partial charge on any atom is 0.406 e. The van der Waals surface area contributed by atoms with E-state index in [1.165, 1.54) is 7.11 Å². The first-order chi connectivity index (χ1) is 14.0. The van der Waals surface area contributed by atoms with Crippen LogP contribution in [0.1, 0.15) is 37.0 Å². The topological polar surface area (TPSA) is 83.7 Å². The molecule has 3 rings (SSSR count). The van der Waals surface area contributed by atoms with Crippen molar-refractivity contribution in [1.82, 2.24) is 10.6 Å². The summed E-state index contributed by atoms with van der Waals surface area (Å²) < 4.78 is 10.5. The van der Waals surface area contributed by atoms with Gasteiger partial charge in [-0.15, -0.1) is 0 Å². The Morgan fingerprint density at radius 3 is 2.90 bits per heavy atom. The molecule has 2 atom stereocenters. The molecule has 1 aromatic heterocycles. The molecule has 0 aliphatic carbocycles. The molecule has 1 fully saturated rings. The molecule has 1 aromatic carbocycles. The zero-order valence-electron chi connectivity index (χ0n) is 17.0. The minimum Gasteiger partial charge on any atom is -0.461 e. The molecule has 0 spiro atoms. The van der Waals surface area contributed by atoms with Gasteiger partial charge in [-0.2, -0.15) is 0 Å². The lowest BCUT2D eigenvalue weighted by atomic mass is 9.73. The fourth-order valence-electron chi connectivity index (χ4n) is 4.14. The highest BCUT2D eigenvalue weighted by molar-refractivity contribution is 6.33. The summed E-state index contributed by atoms with van der Waals surface area (Å²) in [4.78, 5) is 11.4. The van der Waals surface area contributed by atoms with Crippen LogP contribution in [-0.4, -0.2) is 37.9 Å². The van der Waals surface area contributed by atoms with Gasteiger partial charge in [0.05, 0.1) is 17.7 Å². The number of hydrogen-bond acceptors (Lipinski definition) is 5. The molecule has 2 aromatic rings. The third-order valence-corrected chi connectivity index (χ3v) is 5.94. The molecule has 1 unspecified atom stereocenters. The Kier molecular flexibility index (Phi) is 7.22. The van der Waals surface area contributed by atoms with E-state index >= 15 is 0 Å². The second-order valence-corrected chi connectivity index (χ2v) is 7.97. The molecule has 0 radical (unpaired) electrons. The molecule has 2 heterocycles. The Morgan fingerprint density at radius 2 is 2.24 bits per heavy atom. The van der Waals surface area contributed by atoms with Crippen molar-refractivity contribution in [1.29, 1.82) is 0 Å². The molecule has 3 N–H and O–H groups in total. The van der Waals surface area contributed by atoms with E-state index in [4.69, 9.17) is 16.0 Å². The number of rotatable bonds is 7. The van der Waals surface area contributed by atoms with E-state index in [0.29, 0.717) is 30.2 Å². The minimum absolute atomic E-state index is 0.0302. The van der Waals surface area contributed by atoms with Crippen molar-refractivity contribution >= 4 is 17.7 Å². The number of furan rings is 1. The smallest absolute Gasteiger partial charge is 0.406 e. The predicted molar refractivity (Wildman–Crippen MR) is 113 cm³/mol. The molecular formula is C22H29ClN2O4. The summed E-state index contributed by atoms with van der Waals surface area (Å²) in [5.41, 5.74) is 0.397. The maximum absolute atomic E-state index is 12.0. The molecule has 7 heteroatoms. The Hall–Kier alpha value is -2.02. The summed E-state index contributed by atoms with van der Waals surface area (Å²) >= 11 is 6.58. The summed E-state index contributed by atoms with van der Waals surface area (Å²) in [6.07, 6.45) is 2.53. The molecule has 0 bridgehead atoms. The van der Waals surface area contributed by atoms with Gasteiger partial charge in [-0.25, -0.2) is 4.79 Å². The van der Waals surface area contributed by atoms with Gasteiger partial charge < -0.3 is 24.9 Å². The van der Waals surface area contributed by atoms with E-state index in [1.54, 1.807) is 0 Å². The fraction of sp³-hybridized carbons (Fsp3) is 0.500. The van der Waals surface area contributed by atoms with Gasteiger partial charge in [-0.3, -0.25) is 0 Å². The van der Waals surface area contributed by atoms with Crippen LogP contribution in [0.15, 0.2) is 34.7 Å². The first-order valence-electron chi connectivity index (χ1n) is 10.1. The summed E-state index contributed by atoms with van der Waals surface area (Å²) in [5, 5.41) is 18.7. The second-order valence-electron chi connectivity index (χ2n) is 7.56. The standard InChI is InChI=1S/C22H29ClN2O4/c1-15-9-10-19(29-15)20-17(7-3-8-18(20)23)22(27,16-6-4-12-24-14-16)11-5-13-25-21(26)28-2/h3,7-10,16,24,27H,4-6,11-14H2,1-2H3,(H,25,26)/t16-,22?/m1/s1. The summed E-state index contributed by atoms with van der Waals surface area (Å²) in [7, 11) is 1.34.